The van der Waals surface area contributed by atoms with Gasteiger partial charge in [0.15, 0.2) is 0 Å². The topological polar surface area (TPSA) is 49.4 Å². The van der Waals surface area contributed by atoms with Crippen LogP contribution in [0, 0.1) is 11.3 Å². The molecule has 1 fully saturated rings. The molecule has 0 amide bonds. The van der Waals surface area contributed by atoms with Gasteiger partial charge in [-0.1, -0.05) is 0 Å². The van der Waals surface area contributed by atoms with Crippen molar-refractivity contribution < 1.29 is 9.15 Å². The maximum absolute atomic E-state index is 8.81. The zero-order chi connectivity index (χ0) is 13.1. The van der Waals surface area contributed by atoms with Crippen LogP contribution in [-0.2, 0) is 4.74 Å². The summed E-state index contributed by atoms with van der Waals surface area (Å²) in [5, 5.41) is 8.81. The van der Waals surface area contributed by atoms with Gasteiger partial charge in [-0.2, -0.15) is 5.26 Å². The summed E-state index contributed by atoms with van der Waals surface area (Å²) in [7, 11) is 0. The number of nitrogens with zero attached hydrogens (tertiary/aromatic N) is 2. The van der Waals surface area contributed by atoms with E-state index >= 15 is 0 Å². The molecule has 96 valence electrons. The van der Waals surface area contributed by atoms with E-state index in [4.69, 9.17) is 14.4 Å². The van der Waals surface area contributed by atoms with Crippen LogP contribution >= 0.6 is 0 Å². The molecule has 19 heavy (non-hydrogen) atoms. The lowest BCUT2D eigenvalue weighted by molar-refractivity contribution is 0.0257. The molecule has 4 nitrogen and oxygen atoms in total. The van der Waals surface area contributed by atoms with E-state index in [1.807, 2.05) is 36.4 Å². The van der Waals surface area contributed by atoms with Gasteiger partial charge in [0.2, 0.25) is 0 Å². The number of nitriles is 1. The molecule has 0 saturated carbocycles. The van der Waals surface area contributed by atoms with Crippen molar-refractivity contribution in [1.82, 2.24) is 0 Å². The maximum atomic E-state index is 8.81. The summed E-state index contributed by atoms with van der Waals surface area (Å²) in [6, 6.07) is 13.6. The first-order valence-corrected chi connectivity index (χ1v) is 6.27. The van der Waals surface area contributed by atoms with E-state index < -0.39 is 0 Å². The second-order valence-electron chi connectivity index (χ2n) is 4.48. The highest BCUT2D eigenvalue weighted by Crippen LogP contribution is 2.26. The van der Waals surface area contributed by atoms with Gasteiger partial charge in [-0.05, 0) is 36.4 Å². The Kier molecular flexibility index (Phi) is 3.21. The van der Waals surface area contributed by atoms with E-state index in [9.17, 15) is 0 Å². The van der Waals surface area contributed by atoms with Crippen molar-refractivity contribution in [3.8, 4) is 6.07 Å². The van der Waals surface area contributed by atoms with E-state index in [-0.39, 0.29) is 6.10 Å². The first-order valence-electron chi connectivity index (χ1n) is 6.27. The number of anilines is 1. The summed E-state index contributed by atoms with van der Waals surface area (Å²) in [5.74, 6) is 0.860. The number of hydrogen-bond donors (Lipinski definition) is 0. The van der Waals surface area contributed by atoms with Crippen molar-refractivity contribution in [2.45, 2.75) is 6.10 Å². The van der Waals surface area contributed by atoms with E-state index in [1.54, 1.807) is 6.26 Å². The molecule has 0 radical (unpaired) electrons. The van der Waals surface area contributed by atoms with Gasteiger partial charge in [-0.25, -0.2) is 0 Å². The summed E-state index contributed by atoms with van der Waals surface area (Å²) in [6.45, 7) is 2.29. The Morgan fingerprint density at radius 3 is 2.74 bits per heavy atom. The first kappa shape index (κ1) is 11.8. The third-order valence-electron chi connectivity index (χ3n) is 3.29. The molecule has 2 aromatic rings. The fraction of sp³-hybridized carbons (Fsp3) is 0.267. The van der Waals surface area contributed by atoms with Crippen LogP contribution in [0.5, 0.6) is 0 Å². The van der Waals surface area contributed by atoms with Gasteiger partial charge >= 0.3 is 0 Å². The third kappa shape index (κ3) is 2.47. The van der Waals surface area contributed by atoms with Crippen LogP contribution in [0.2, 0.25) is 0 Å². The molecule has 4 heteroatoms. The van der Waals surface area contributed by atoms with Gasteiger partial charge in [0.25, 0.3) is 0 Å². The lowest BCUT2D eigenvalue weighted by Crippen LogP contribution is -2.38. The van der Waals surface area contributed by atoms with Crippen molar-refractivity contribution in [3.05, 3.63) is 54.0 Å². The van der Waals surface area contributed by atoms with Crippen LogP contribution in [-0.4, -0.2) is 19.7 Å². The fourth-order valence-corrected chi connectivity index (χ4v) is 2.28. The highest BCUT2D eigenvalue weighted by Gasteiger charge is 2.24. The molecule has 3 rings (SSSR count). The quantitative estimate of drug-likeness (QED) is 0.826. The maximum Gasteiger partial charge on any atom is 0.134 e. The van der Waals surface area contributed by atoms with Crippen molar-refractivity contribution in [1.29, 1.82) is 5.26 Å². The molecule has 1 atom stereocenters. The molecule has 1 aliphatic rings. The summed E-state index contributed by atoms with van der Waals surface area (Å²) in [5.41, 5.74) is 1.79. The van der Waals surface area contributed by atoms with Gasteiger partial charge in [0, 0.05) is 12.2 Å². The Bertz CT molecular complexity index is 569. The van der Waals surface area contributed by atoms with Gasteiger partial charge in [0.1, 0.15) is 11.9 Å². The summed E-state index contributed by atoms with van der Waals surface area (Å²) >= 11 is 0. The minimum absolute atomic E-state index is 0.0283. The van der Waals surface area contributed by atoms with Crippen LogP contribution in [0.25, 0.3) is 0 Å². The number of ether oxygens (including phenoxy) is 1. The van der Waals surface area contributed by atoms with Gasteiger partial charge in [-0.15, -0.1) is 0 Å². The summed E-state index contributed by atoms with van der Waals surface area (Å²) < 4.78 is 11.1. The second kappa shape index (κ2) is 5.17. The Labute approximate surface area is 111 Å². The van der Waals surface area contributed by atoms with Crippen molar-refractivity contribution in [3.63, 3.8) is 0 Å². The van der Waals surface area contributed by atoms with E-state index in [0.717, 1.165) is 24.5 Å². The number of morpholine rings is 1. The highest BCUT2D eigenvalue weighted by molar-refractivity contribution is 5.50. The molecule has 1 aromatic heterocycles. The minimum Gasteiger partial charge on any atom is -0.467 e. The Balaban J connectivity index is 1.76. The smallest absolute Gasteiger partial charge is 0.134 e. The molecule has 1 aliphatic heterocycles. The Morgan fingerprint density at radius 2 is 2.05 bits per heavy atom. The van der Waals surface area contributed by atoms with Gasteiger partial charge in [-0.3, -0.25) is 0 Å². The average molecular weight is 254 g/mol. The van der Waals surface area contributed by atoms with Crippen LogP contribution in [0.1, 0.15) is 17.4 Å². The SMILES string of the molecule is N#Cc1ccc(N2CCOC(c3ccco3)C2)cc1. The molecule has 0 spiro atoms. The molecule has 2 heterocycles. The molecule has 1 aromatic carbocycles. The molecular formula is C15H14N2O2. The third-order valence-corrected chi connectivity index (χ3v) is 3.29. The zero-order valence-electron chi connectivity index (χ0n) is 10.5. The lowest BCUT2D eigenvalue weighted by Gasteiger charge is -2.33. The van der Waals surface area contributed by atoms with Gasteiger partial charge in [0.05, 0.1) is 31.0 Å². The number of rotatable bonds is 2. The lowest BCUT2D eigenvalue weighted by atomic mass is 10.1. The van der Waals surface area contributed by atoms with Crippen LogP contribution in [0.4, 0.5) is 5.69 Å². The summed E-state index contributed by atoms with van der Waals surface area (Å²) in [4.78, 5) is 2.25. The van der Waals surface area contributed by atoms with Crippen molar-refractivity contribution in [2.24, 2.45) is 0 Å². The Morgan fingerprint density at radius 1 is 1.21 bits per heavy atom. The monoisotopic (exact) mass is 254 g/mol. The standard InChI is InChI=1S/C15H14N2O2/c16-10-12-3-5-13(6-4-12)17-7-9-19-15(11-17)14-2-1-8-18-14/h1-6,8,15H,7,9,11H2. The molecule has 0 N–H and O–H groups in total. The number of hydrogen-bond acceptors (Lipinski definition) is 4. The van der Waals surface area contributed by atoms with Crippen LogP contribution in [0.15, 0.2) is 47.1 Å². The molecule has 1 saturated heterocycles. The Hall–Kier alpha value is -2.25. The normalized spacial score (nSPS) is 19.1. The molecular weight excluding hydrogens is 240 g/mol. The van der Waals surface area contributed by atoms with Crippen molar-refractivity contribution >= 4 is 5.69 Å². The first-order chi connectivity index (χ1) is 9.36. The largest absolute Gasteiger partial charge is 0.467 e. The second-order valence-corrected chi connectivity index (χ2v) is 4.48. The fourth-order valence-electron chi connectivity index (χ4n) is 2.28. The highest BCUT2D eigenvalue weighted by atomic mass is 16.5. The average Bonchev–Trinajstić information content (AvgIpc) is 3.02. The predicted octanol–water partition coefficient (Wildman–Crippen LogP) is 2.73. The van der Waals surface area contributed by atoms with Crippen LogP contribution in [0.3, 0.4) is 0 Å². The number of benzene rings is 1. The van der Waals surface area contributed by atoms with Gasteiger partial charge < -0.3 is 14.1 Å². The van der Waals surface area contributed by atoms with E-state index in [0.29, 0.717) is 12.2 Å². The van der Waals surface area contributed by atoms with Crippen LogP contribution < -0.4 is 4.90 Å². The minimum atomic E-state index is -0.0283. The van der Waals surface area contributed by atoms with E-state index in [2.05, 4.69) is 11.0 Å². The predicted molar refractivity (Wildman–Crippen MR) is 70.8 cm³/mol. The number of furan rings is 1. The molecule has 0 bridgehead atoms. The van der Waals surface area contributed by atoms with Crippen molar-refractivity contribution in [2.75, 3.05) is 24.6 Å². The molecule has 1 unspecified atom stereocenters. The zero-order valence-corrected chi connectivity index (χ0v) is 10.5. The van der Waals surface area contributed by atoms with E-state index in [1.165, 1.54) is 0 Å². The molecule has 0 aliphatic carbocycles. The summed E-state index contributed by atoms with van der Waals surface area (Å²) in [6.07, 6.45) is 1.64.